The highest BCUT2D eigenvalue weighted by Gasteiger charge is 2.25. The van der Waals surface area contributed by atoms with E-state index >= 15 is 0 Å². The van der Waals surface area contributed by atoms with E-state index in [-0.39, 0.29) is 57.7 Å². The second-order valence-corrected chi connectivity index (χ2v) is 11.5. The molecule has 15 nitrogen and oxygen atoms in total. The predicted octanol–water partition coefficient (Wildman–Crippen LogP) is 1.37. The number of methoxy groups -OCH3 is 1. The standard InChI is InChI=1S/C34H65N5O10/c1-5-8-19-46-23-16-35-30(40)13-11-28(33(43)36-17-24-47-20-9-6-2)38-31(41)14-12-29(34(44)37-18-25-48-21-10-7-3)39-32(42)15-22-49-27-26-45-4/h28-29H,5-27H2,1-4H3,(H,35,40)(H,36,43)(H,37,44)(H,38,41)(H,39,42). The molecule has 0 aliphatic rings. The third-order valence-corrected chi connectivity index (χ3v) is 7.12. The lowest BCUT2D eigenvalue weighted by Crippen LogP contribution is -2.50. The Hall–Kier alpha value is -2.85. The average Bonchev–Trinajstić information content (AvgIpc) is 3.09. The van der Waals surface area contributed by atoms with Crippen LogP contribution in [0.1, 0.15) is 91.4 Å². The minimum atomic E-state index is -0.995. The van der Waals surface area contributed by atoms with Crippen LogP contribution in [0, 0.1) is 0 Å². The van der Waals surface area contributed by atoms with E-state index in [9.17, 15) is 24.0 Å². The Morgan fingerprint density at radius 2 is 0.878 bits per heavy atom. The van der Waals surface area contributed by atoms with Gasteiger partial charge >= 0.3 is 0 Å². The summed E-state index contributed by atoms with van der Waals surface area (Å²) in [4.78, 5) is 64.1. The number of amides is 5. The molecule has 0 aromatic carbocycles. The molecule has 0 saturated heterocycles. The summed E-state index contributed by atoms with van der Waals surface area (Å²) in [6.45, 7) is 10.8. The quantitative estimate of drug-likeness (QED) is 0.0612. The van der Waals surface area contributed by atoms with Gasteiger partial charge in [-0.1, -0.05) is 40.0 Å². The highest BCUT2D eigenvalue weighted by Crippen LogP contribution is 2.04. The molecule has 49 heavy (non-hydrogen) atoms. The van der Waals surface area contributed by atoms with Crippen molar-refractivity contribution in [2.45, 2.75) is 103 Å². The molecule has 0 aliphatic carbocycles. The van der Waals surface area contributed by atoms with Crippen LogP contribution in [-0.2, 0) is 47.7 Å². The Labute approximate surface area is 293 Å². The van der Waals surface area contributed by atoms with E-state index in [0.717, 1.165) is 38.5 Å². The molecule has 15 heteroatoms. The van der Waals surface area contributed by atoms with Crippen molar-refractivity contribution in [1.29, 1.82) is 0 Å². The second kappa shape index (κ2) is 33.6. The van der Waals surface area contributed by atoms with Gasteiger partial charge in [-0.3, -0.25) is 24.0 Å². The van der Waals surface area contributed by atoms with Crippen molar-refractivity contribution in [3.8, 4) is 0 Å². The number of nitrogens with one attached hydrogen (secondary N) is 5. The van der Waals surface area contributed by atoms with Gasteiger partial charge in [-0.15, -0.1) is 0 Å². The molecule has 2 unspecified atom stereocenters. The van der Waals surface area contributed by atoms with Crippen LogP contribution in [0.2, 0.25) is 0 Å². The highest BCUT2D eigenvalue weighted by molar-refractivity contribution is 5.90. The minimum Gasteiger partial charge on any atom is -0.382 e. The van der Waals surface area contributed by atoms with Crippen molar-refractivity contribution in [2.24, 2.45) is 0 Å². The molecule has 0 bridgehead atoms. The van der Waals surface area contributed by atoms with Crippen LogP contribution >= 0.6 is 0 Å². The summed E-state index contributed by atoms with van der Waals surface area (Å²) in [5.41, 5.74) is 0. The van der Waals surface area contributed by atoms with Gasteiger partial charge in [-0.05, 0) is 32.1 Å². The fourth-order valence-electron chi connectivity index (χ4n) is 4.17. The Morgan fingerprint density at radius 1 is 0.469 bits per heavy atom. The Morgan fingerprint density at radius 3 is 1.33 bits per heavy atom. The third-order valence-electron chi connectivity index (χ3n) is 7.12. The minimum absolute atomic E-state index is 0.00813. The number of hydrogen-bond acceptors (Lipinski definition) is 10. The smallest absolute Gasteiger partial charge is 0.242 e. The molecule has 0 radical (unpaired) electrons. The van der Waals surface area contributed by atoms with Gasteiger partial charge in [0.1, 0.15) is 12.1 Å². The Kier molecular flexibility index (Phi) is 31.7. The number of unbranched alkanes of at least 4 members (excludes halogenated alkanes) is 3. The maximum absolute atomic E-state index is 13.1. The molecule has 5 amide bonds. The van der Waals surface area contributed by atoms with Crippen molar-refractivity contribution in [3.63, 3.8) is 0 Å². The average molecular weight is 704 g/mol. The van der Waals surface area contributed by atoms with E-state index in [1.54, 1.807) is 7.11 Å². The maximum Gasteiger partial charge on any atom is 0.242 e. The van der Waals surface area contributed by atoms with E-state index in [4.69, 9.17) is 23.7 Å². The molecule has 286 valence electrons. The van der Waals surface area contributed by atoms with Gasteiger partial charge in [0.05, 0.1) is 39.6 Å². The lowest BCUT2D eigenvalue weighted by atomic mass is 10.1. The number of carbonyl (C=O) groups excluding carboxylic acids is 5. The van der Waals surface area contributed by atoms with Crippen molar-refractivity contribution in [3.05, 3.63) is 0 Å². The molecule has 0 heterocycles. The van der Waals surface area contributed by atoms with Gasteiger partial charge in [0.2, 0.25) is 29.5 Å². The highest BCUT2D eigenvalue weighted by atomic mass is 16.5. The predicted molar refractivity (Wildman–Crippen MR) is 186 cm³/mol. The van der Waals surface area contributed by atoms with Crippen LogP contribution in [0.25, 0.3) is 0 Å². The lowest BCUT2D eigenvalue weighted by Gasteiger charge is -2.21. The number of rotatable bonds is 34. The molecule has 0 rings (SSSR count). The fraction of sp³-hybridized carbons (Fsp3) is 0.853. The van der Waals surface area contributed by atoms with E-state index in [2.05, 4.69) is 47.4 Å². The summed E-state index contributed by atoms with van der Waals surface area (Å²) in [7, 11) is 1.55. The molecular weight excluding hydrogens is 638 g/mol. The molecule has 0 fully saturated rings. The van der Waals surface area contributed by atoms with Crippen molar-refractivity contribution in [2.75, 3.05) is 86.2 Å². The van der Waals surface area contributed by atoms with Crippen LogP contribution < -0.4 is 26.6 Å². The second-order valence-electron chi connectivity index (χ2n) is 11.5. The molecule has 0 aliphatic heterocycles. The van der Waals surface area contributed by atoms with Crippen LogP contribution in [0.5, 0.6) is 0 Å². The first-order chi connectivity index (χ1) is 23.8. The lowest BCUT2D eigenvalue weighted by molar-refractivity contribution is -0.131. The summed E-state index contributed by atoms with van der Waals surface area (Å²) < 4.78 is 26.7. The number of hydrogen-bond donors (Lipinski definition) is 5. The fourth-order valence-corrected chi connectivity index (χ4v) is 4.17. The summed E-state index contributed by atoms with van der Waals surface area (Å²) in [6.07, 6.45) is 5.73. The Bertz CT molecular complexity index is 880. The number of carbonyl (C=O) groups is 5. The SMILES string of the molecule is CCCCOCCNC(=O)CCC(NC(=O)CCC(NC(=O)CCOCCOC)C(=O)NCCOCCCC)C(=O)NCCOCCCC. The first-order valence-electron chi connectivity index (χ1n) is 18.0. The molecule has 0 spiro atoms. The van der Waals surface area contributed by atoms with Crippen LogP contribution in [0.3, 0.4) is 0 Å². The zero-order chi connectivity index (χ0) is 36.4. The zero-order valence-electron chi connectivity index (χ0n) is 30.5. The molecule has 2 atom stereocenters. The molecule has 0 aromatic heterocycles. The van der Waals surface area contributed by atoms with Gasteiger partial charge in [-0.2, -0.15) is 0 Å². The van der Waals surface area contributed by atoms with E-state index in [1.807, 2.05) is 0 Å². The maximum atomic E-state index is 13.1. The van der Waals surface area contributed by atoms with Gasteiger partial charge in [0.15, 0.2) is 0 Å². The molecule has 0 saturated carbocycles. The third kappa shape index (κ3) is 28.7. The monoisotopic (exact) mass is 703 g/mol. The normalized spacial score (nSPS) is 12.2. The zero-order valence-corrected chi connectivity index (χ0v) is 30.5. The van der Waals surface area contributed by atoms with Gasteiger partial charge in [-0.25, -0.2) is 0 Å². The topological polar surface area (TPSA) is 192 Å². The molecular formula is C34H65N5O10. The Balaban J connectivity index is 5.20. The van der Waals surface area contributed by atoms with Crippen LogP contribution in [0.15, 0.2) is 0 Å². The molecule has 0 aromatic rings. The van der Waals surface area contributed by atoms with Crippen molar-refractivity contribution >= 4 is 29.5 Å². The first kappa shape index (κ1) is 46.1. The van der Waals surface area contributed by atoms with Crippen LogP contribution in [0.4, 0.5) is 0 Å². The summed E-state index contributed by atoms with van der Waals surface area (Å²) in [6, 6.07) is -1.98. The van der Waals surface area contributed by atoms with Crippen LogP contribution in [-0.4, -0.2) is 128 Å². The summed E-state index contributed by atoms with van der Waals surface area (Å²) in [5.74, 6) is -2.06. The first-order valence-corrected chi connectivity index (χ1v) is 18.0. The van der Waals surface area contributed by atoms with Crippen molar-refractivity contribution < 1.29 is 47.7 Å². The summed E-state index contributed by atoms with van der Waals surface area (Å²) >= 11 is 0. The van der Waals surface area contributed by atoms with E-state index in [0.29, 0.717) is 59.4 Å². The van der Waals surface area contributed by atoms with Crippen molar-refractivity contribution in [1.82, 2.24) is 26.6 Å². The van der Waals surface area contributed by atoms with Gasteiger partial charge in [0.25, 0.3) is 0 Å². The molecule has 5 N–H and O–H groups in total. The van der Waals surface area contributed by atoms with E-state index < -0.39 is 35.7 Å². The van der Waals surface area contributed by atoms with Gasteiger partial charge < -0.3 is 50.3 Å². The summed E-state index contributed by atoms with van der Waals surface area (Å²) in [5, 5.41) is 13.7. The van der Waals surface area contributed by atoms with E-state index in [1.165, 1.54) is 0 Å². The largest absolute Gasteiger partial charge is 0.382 e. The van der Waals surface area contributed by atoms with Gasteiger partial charge in [0, 0.05) is 65.8 Å². The number of ether oxygens (including phenoxy) is 5.